The summed E-state index contributed by atoms with van der Waals surface area (Å²) in [5, 5.41) is 13.7. The van der Waals surface area contributed by atoms with Crippen LogP contribution in [-0.4, -0.2) is 17.0 Å². The maximum Gasteiger partial charge on any atom is 0.337 e. The Morgan fingerprint density at radius 2 is 2.11 bits per heavy atom. The molecule has 0 unspecified atom stereocenters. The molecule has 0 saturated carbocycles. The molecule has 2 aromatic rings. The van der Waals surface area contributed by atoms with Crippen LogP contribution in [0.3, 0.4) is 0 Å². The molecular weight excluding hydrogens is 262 g/mol. The second kappa shape index (κ2) is 5.67. The number of carbonyl (C=O) groups excluding carboxylic acids is 1. The number of carbonyl (C=O) groups is 2. The van der Waals surface area contributed by atoms with Gasteiger partial charge >= 0.3 is 5.97 Å². The highest BCUT2D eigenvalue weighted by Gasteiger charge is 2.13. The number of benzene rings is 1. The Labute approximate surface area is 114 Å². The molecule has 0 spiro atoms. The molecule has 4 nitrogen and oxygen atoms in total. The van der Waals surface area contributed by atoms with Crippen LogP contribution < -0.4 is 5.32 Å². The van der Waals surface area contributed by atoms with Gasteiger partial charge in [0.25, 0.3) is 0 Å². The molecule has 0 fully saturated rings. The van der Waals surface area contributed by atoms with E-state index in [1.165, 1.54) is 11.3 Å². The van der Waals surface area contributed by atoms with Crippen molar-refractivity contribution in [3.8, 4) is 0 Å². The van der Waals surface area contributed by atoms with Crippen molar-refractivity contribution in [3.05, 3.63) is 51.7 Å². The summed E-state index contributed by atoms with van der Waals surface area (Å²) in [4.78, 5) is 23.9. The molecule has 2 rings (SSSR count). The molecule has 0 aliphatic rings. The van der Waals surface area contributed by atoms with Crippen LogP contribution in [0.5, 0.6) is 0 Å². The average Bonchev–Trinajstić information content (AvgIpc) is 2.83. The van der Waals surface area contributed by atoms with Crippen molar-refractivity contribution in [3.63, 3.8) is 0 Å². The van der Waals surface area contributed by atoms with E-state index < -0.39 is 5.97 Å². The monoisotopic (exact) mass is 275 g/mol. The lowest BCUT2D eigenvalue weighted by Crippen LogP contribution is -2.16. The summed E-state index contributed by atoms with van der Waals surface area (Å²) in [6, 6.07) is 8.68. The minimum absolute atomic E-state index is 0.111. The van der Waals surface area contributed by atoms with Gasteiger partial charge in [0.1, 0.15) is 0 Å². The molecule has 5 heteroatoms. The first-order chi connectivity index (χ1) is 9.06. The first kappa shape index (κ1) is 13.3. The van der Waals surface area contributed by atoms with Gasteiger partial charge in [-0.3, -0.25) is 4.79 Å². The lowest BCUT2D eigenvalue weighted by atomic mass is 10.1. The Morgan fingerprint density at radius 1 is 1.32 bits per heavy atom. The van der Waals surface area contributed by atoms with Gasteiger partial charge in [-0.2, -0.15) is 0 Å². The second-order valence-electron chi connectivity index (χ2n) is 4.16. The summed E-state index contributed by atoms with van der Waals surface area (Å²) in [6.07, 6.45) is 0.255. The number of thiophene rings is 1. The zero-order chi connectivity index (χ0) is 13.8. The Kier molecular flexibility index (Phi) is 3.97. The van der Waals surface area contributed by atoms with E-state index in [4.69, 9.17) is 5.11 Å². The molecule has 98 valence electrons. The standard InChI is InChI=1S/C14H13NO3S/c1-9-4-5-12(11(7-9)14(17)18)15-13(16)8-10-3-2-6-19-10/h2-7H,8H2,1H3,(H,15,16)(H,17,18). The molecule has 1 amide bonds. The van der Waals surface area contributed by atoms with Gasteiger partial charge < -0.3 is 10.4 Å². The first-order valence-corrected chi connectivity index (χ1v) is 6.60. The molecule has 2 N–H and O–H groups in total. The van der Waals surface area contributed by atoms with Crippen LogP contribution in [0.1, 0.15) is 20.8 Å². The number of rotatable bonds is 4. The largest absolute Gasteiger partial charge is 0.478 e. The van der Waals surface area contributed by atoms with Gasteiger partial charge in [-0.1, -0.05) is 17.7 Å². The summed E-state index contributed by atoms with van der Waals surface area (Å²) < 4.78 is 0. The van der Waals surface area contributed by atoms with Crippen molar-refractivity contribution in [1.29, 1.82) is 0 Å². The number of carboxylic acid groups (broad SMARTS) is 1. The second-order valence-corrected chi connectivity index (χ2v) is 5.19. The van der Waals surface area contributed by atoms with Crippen LogP contribution in [-0.2, 0) is 11.2 Å². The Balaban J connectivity index is 2.14. The predicted octanol–water partition coefficient (Wildman–Crippen LogP) is 2.94. The number of anilines is 1. The summed E-state index contributed by atoms with van der Waals surface area (Å²) in [5.41, 5.74) is 1.29. The van der Waals surface area contributed by atoms with Gasteiger partial charge in [0.05, 0.1) is 17.7 Å². The molecule has 0 saturated heterocycles. The van der Waals surface area contributed by atoms with Crippen molar-refractivity contribution >= 4 is 28.9 Å². The molecule has 0 aliphatic heterocycles. The lowest BCUT2D eigenvalue weighted by molar-refractivity contribution is -0.115. The highest BCUT2D eigenvalue weighted by Crippen LogP contribution is 2.18. The quantitative estimate of drug-likeness (QED) is 0.901. The zero-order valence-corrected chi connectivity index (χ0v) is 11.2. The van der Waals surface area contributed by atoms with Crippen molar-refractivity contribution < 1.29 is 14.7 Å². The maximum absolute atomic E-state index is 11.8. The van der Waals surface area contributed by atoms with Gasteiger partial charge in [-0.05, 0) is 30.5 Å². The fourth-order valence-corrected chi connectivity index (χ4v) is 2.41. The highest BCUT2D eigenvalue weighted by atomic mass is 32.1. The first-order valence-electron chi connectivity index (χ1n) is 5.72. The van der Waals surface area contributed by atoms with Crippen LogP contribution in [0.25, 0.3) is 0 Å². The number of amides is 1. The lowest BCUT2D eigenvalue weighted by Gasteiger charge is -2.08. The van der Waals surface area contributed by atoms with Gasteiger partial charge in [0.2, 0.25) is 5.91 Å². The molecular formula is C14H13NO3S. The van der Waals surface area contributed by atoms with Crippen LogP contribution in [0.15, 0.2) is 35.7 Å². The van der Waals surface area contributed by atoms with Crippen LogP contribution in [0, 0.1) is 6.92 Å². The fourth-order valence-electron chi connectivity index (χ4n) is 1.71. The summed E-state index contributed by atoms with van der Waals surface area (Å²) in [6.45, 7) is 1.81. The van der Waals surface area contributed by atoms with E-state index in [2.05, 4.69) is 5.32 Å². The summed E-state index contributed by atoms with van der Waals surface area (Å²) in [7, 11) is 0. The topological polar surface area (TPSA) is 66.4 Å². The van der Waals surface area contributed by atoms with Crippen molar-refractivity contribution in [2.45, 2.75) is 13.3 Å². The van der Waals surface area contributed by atoms with E-state index in [0.29, 0.717) is 5.69 Å². The van der Waals surface area contributed by atoms with Gasteiger partial charge in [0.15, 0.2) is 0 Å². The zero-order valence-electron chi connectivity index (χ0n) is 10.3. The van der Waals surface area contributed by atoms with E-state index in [1.54, 1.807) is 18.2 Å². The molecule has 1 heterocycles. The molecule has 0 radical (unpaired) electrons. The highest BCUT2D eigenvalue weighted by molar-refractivity contribution is 7.10. The van der Waals surface area contributed by atoms with E-state index in [0.717, 1.165) is 10.4 Å². The van der Waals surface area contributed by atoms with E-state index >= 15 is 0 Å². The van der Waals surface area contributed by atoms with Gasteiger partial charge in [-0.25, -0.2) is 4.79 Å². The van der Waals surface area contributed by atoms with Gasteiger partial charge in [-0.15, -0.1) is 11.3 Å². The Morgan fingerprint density at radius 3 is 2.74 bits per heavy atom. The van der Waals surface area contributed by atoms with Crippen molar-refractivity contribution in [2.75, 3.05) is 5.32 Å². The number of hydrogen-bond acceptors (Lipinski definition) is 3. The minimum Gasteiger partial charge on any atom is -0.478 e. The molecule has 0 atom stereocenters. The number of carboxylic acids is 1. The third kappa shape index (κ3) is 3.42. The van der Waals surface area contributed by atoms with Crippen LogP contribution in [0.4, 0.5) is 5.69 Å². The van der Waals surface area contributed by atoms with E-state index in [1.807, 2.05) is 24.4 Å². The maximum atomic E-state index is 11.8. The third-order valence-corrected chi connectivity index (χ3v) is 3.47. The normalized spacial score (nSPS) is 10.2. The molecule has 1 aromatic carbocycles. The van der Waals surface area contributed by atoms with Crippen molar-refractivity contribution in [1.82, 2.24) is 0 Å². The summed E-state index contributed by atoms with van der Waals surface area (Å²) in [5.74, 6) is -1.26. The van der Waals surface area contributed by atoms with Crippen LogP contribution >= 0.6 is 11.3 Å². The minimum atomic E-state index is -1.05. The molecule has 0 bridgehead atoms. The predicted molar refractivity (Wildman–Crippen MR) is 74.8 cm³/mol. The summed E-state index contributed by atoms with van der Waals surface area (Å²) >= 11 is 1.50. The number of aromatic carboxylic acids is 1. The number of aryl methyl sites for hydroxylation is 1. The fraction of sp³-hybridized carbons (Fsp3) is 0.143. The van der Waals surface area contributed by atoms with E-state index in [9.17, 15) is 9.59 Å². The van der Waals surface area contributed by atoms with Crippen LogP contribution in [0.2, 0.25) is 0 Å². The average molecular weight is 275 g/mol. The SMILES string of the molecule is Cc1ccc(NC(=O)Cc2cccs2)c(C(=O)O)c1. The molecule has 19 heavy (non-hydrogen) atoms. The van der Waals surface area contributed by atoms with E-state index in [-0.39, 0.29) is 17.9 Å². The Bertz CT molecular complexity index is 605. The molecule has 1 aromatic heterocycles. The number of nitrogens with one attached hydrogen (secondary N) is 1. The molecule has 0 aliphatic carbocycles. The Hall–Kier alpha value is -2.14. The smallest absolute Gasteiger partial charge is 0.337 e. The number of hydrogen-bond donors (Lipinski definition) is 2. The third-order valence-electron chi connectivity index (χ3n) is 2.59. The van der Waals surface area contributed by atoms with Crippen molar-refractivity contribution in [2.24, 2.45) is 0 Å². The van der Waals surface area contributed by atoms with Gasteiger partial charge in [0, 0.05) is 4.88 Å².